The van der Waals surface area contributed by atoms with Crippen molar-refractivity contribution in [1.29, 1.82) is 0 Å². The Hall–Kier alpha value is -1.35. The molecule has 1 aliphatic heterocycles. The van der Waals surface area contributed by atoms with Gasteiger partial charge in [-0.05, 0) is 24.6 Å². The van der Waals surface area contributed by atoms with Gasteiger partial charge in [0.25, 0.3) is 0 Å². The average molecular weight is 191 g/mol. The summed E-state index contributed by atoms with van der Waals surface area (Å²) in [6.07, 6.45) is 0.562. The lowest BCUT2D eigenvalue weighted by molar-refractivity contribution is -0.122. The summed E-state index contributed by atoms with van der Waals surface area (Å²) in [6.45, 7) is 2.57. The molecule has 2 rings (SSSR count). The third-order valence-corrected chi connectivity index (χ3v) is 2.81. The molecule has 0 saturated carbocycles. The molecule has 0 spiro atoms. The van der Waals surface area contributed by atoms with Gasteiger partial charge in [0.2, 0.25) is 0 Å². The Morgan fingerprint density at radius 1 is 1.50 bits per heavy atom. The van der Waals surface area contributed by atoms with Crippen LogP contribution in [0.3, 0.4) is 0 Å². The molecule has 1 atom stereocenters. The lowest BCUT2D eigenvalue weighted by Gasteiger charge is -2.23. The molecule has 0 aromatic heterocycles. The fourth-order valence-corrected chi connectivity index (χ4v) is 1.85. The van der Waals surface area contributed by atoms with Gasteiger partial charge in [0, 0.05) is 13.0 Å². The number of rotatable bonds is 1. The van der Waals surface area contributed by atoms with Crippen molar-refractivity contribution in [1.82, 2.24) is 5.32 Å². The average Bonchev–Trinajstić information content (AvgIpc) is 2.49. The molecule has 0 aliphatic carbocycles. The van der Waals surface area contributed by atoms with E-state index in [0.29, 0.717) is 13.0 Å². The zero-order valence-electron chi connectivity index (χ0n) is 8.08. The monoisotopic (exact) mass is 191 g/mol. The van der Waals surface area contributed by atoms with Gasteiger partial charge in [-0.1, -0.05) is 12.1 Å². The number of hydrogen-bond acceptors (Lipinski definition) is 3. The Balaban J connectivity index is 2.43. The van der Waals surface area contributed by atoms with Crippen LogP contribution in [0.5, 0.6) is 5.75 Å². The predicted octanol–water partition coefficient (Wildman–Crippen LogP) is 1.17. The highest BCUT2D eigenvalue weighted by atomic mass is 16.3. The Kier molecular flexibility index (Phi) is 2.04. The van der Waals surface area contributed by atoms with E-state index in [0.717, 1.165) is 5.56 Å². The minimum Gasteiger partial charge on any atom is -0.508 e. The molecule has 14 heavy (non-hydrogen) atoms. The van der Waals surface area contributed by atoms with Gasteiger partial charge in [-0.2, -0.15) is 0 Å². The number of ketones is 1. The lowest BCUT2D eigenvalue weighted by atomic mass is 9.89. The number of carbonyl (C=O) groups is 1. The molecule has 3 heteroatoms. The highest BCUT2D eigenvalue weighted by Crippen LogP contribution is 2.28. The molecule has 74 valence electrons. The van der Waals surface area contributed by atoms with Crippen molar-refractivity contribution >= 4 is 5.78 Å². The third kappa shape index (κ3) is 1.30. The molecule has 1 saturated heterocycles. The van der Waals surface area contributed by atoms with E-state index in [1.165, 1.54) is 0 Å². The third-order valence-electron chi connectivity index (χ3n) is 2.81. The molecule has 1 unspecified atom stereocenters. The van der Waals surface area contributed by atoms with Crippen molar-refractivity contribution in [3.8, 4) is 5.75 Å². The lowest BCUT2D eigenvalue weighted by Crippen LogP contribution is -2.38. The van der Waals surface area contributed by atoms with Crippen LogP contribution in [-0.4, -0.2) is 17.4 Å². The van der Waals surface area contributed by atoms with Gasteiger partial charge in [0.1, 0.15) is 11.3 Å². The van der Waals surface area contributed by atoms with E-state index in [2.05, 4.69) is 5.32 Å². The second-order valence-electron chi connectivity index (χ2n) is 3.78. The minimum atomic E-state index is -0.612. The van der Waals surface area contributed by atoms with Crippen LogP contribution < -0.4 is 5.32 Å². The zero-order chi connectivity index (χ0) is 10.2. The maximum absolute atomic E-state index is 11.7. The molecule has 1 aliphatic rings. The van der Waals surface area contributed by atoms with Crippen molar-refractivity contribution in [2.45, 2.75) is 18.9 Å². The van der Waals surface area contributed by atoms with E-state index < -0.39 is 5.54 Å². The van der Waals surface area contributed by atoms with Crippen molar-refractivity contribution in [2.75, 3.05) is 6.54 Å². The van der Waals surface area contributed by atoms with Gasteiger partial charge in [0.15, 0.2) is 5.78 Å². The predicted molar refractivity (Wildman–Crippen MR) is 53.1 cm³/mol. The second kappa shape index (κ2) is 3.10. The first kappa shape index (κ1) is 9.21. The molecule has 1 aromatic carbocycles. The van der Waals surface area contributed by atoms with Crippen LogP contribution in [0.25, 0.3) is 0 Å². The minimum absolute atomic E-state index is 0.183. The highest BCUT2D eigenvalue weighted by Gasteiger charge is 2.38. The van der Waals surface area contributed by atoms with Crippen LogP contribution in [0.4, 0.5) is 0 Å². The molecule has 1 aromatic rings. The quantitative estimate of drug-likeness (QED) is 0.700. The number of hydrogen-bond donors (Lipinski definition) is 2. The van der Waals surface area contributed by atoms with Crippen molar-refractivity contribution in [2.24, 2.45) is 0 Å². The van der Waals surface area contributed by atoms with E-state index in [-0.39, 0.29) is 11.5 Å². The maximum Gasteiger partial charge on any atom is 0.158 e. The number of nitrogens with one attached hydrogen (secondary N) is 1. The largest absolute Gasteiger partial charge is 0.508 e. The van der Waals surface area contributed by atoms with Crippen molar-refractivity contribution < 1.29 is 9.90 Å². The summed E-state index contributed by atoms with van der Waals surface area (Å²) in [5.74, 6) is 0.383. The fraction of sp³-hybridized carbons (Fsp3) is 0.364. The second-order valence-corrected chi connectivity index (χ2v) is 3.78. The number of Topliss-reactive ketones (excluding diaryl/α,β-unsaturated/α-hetero) is 1. The summed E-state index contributed by atoms with van der Waals surface area (Å²) >= 11 is 0. The van der Waals surface area contributed by atoms with Crippen LogP contribution in [0.2, 0.25) is 0 Å². The van der Waals surface area contributed by atoms with Crippen LogP contribution >= 0.6 is 0 Å². The first-order valence-corrected chi connectivity index (χ1v) is 4.71. The number of phenols is 1. The Morgan fingerprint density at radius 2 is 2.29 bits per heavy atom. The first-order chi connectivity index (χ1) is 6.63. The van der Waals surface area contributed by atoms with E-state index in [1.807, 2.05) is 13.0 Å². The van der Waals surface area contributed by atoms with Crippen LogP contribution in [0, 0.1) is 0 Å². The first-order valence-electron chi connectivity index (χ1n) is 4.71. The van der Waals surface area contributed by atoms with Crippen LogP contribution in [-0.2, 0) is 10.3 Å². The van der Waals surface area contributed by atoms with Gasteiger partial charge >= 0.3 is 0 Å². The summed E-state index contributed by atoms with van der Waals surface area (Å²) in [5.41, 5.74) is 0.221. The Morgan fingerprint density at radius 3 is 2.86 bits per heavy atom. The Bertz CT molecular complexity index is 375. The van der Waals surface area contributed by atoms with E-state index >= 15 is 0 Å². The van der Waals surface area contributed by atoms with Gasteiger partial charge in [0.05, 0.1) is 0 Å². The Labute approximate surface area is 82.8 Å². The van der Waals surface area contributed by atoms with Gasteiger partial charge in [-0.25, -0.2) is 0 Å². The van der Waals surface area contributed by atoms with Crippen LogP contribution in [0.15, 0.2) is 24.3 Å². The van der Waals surface area contributed by atoms with E-state index in [1.54, 1.807) is 18.2 Å². The van der Waals surface area contributed by atoms with Crippen molar-refractivity contribution in [3.05, 3.63) is 29.8 Å². The topological polar surface area (TPSA) is 49.3 Å². The SMILES string of the molecule is CC1(c2cccc(O)c2)NCCC1=O. The summed E-state index contributed by atoms with van der Waals surface area (Å²) in [7, 11) is 0. The van der Waals surface area contributed by atoms with E-state index in [4.69, 9.17) is 0 Å². The molecule has 0 bridgehead atoms. The molecule has 0 amide bonds. The normalized spacial score (nSPS) is 26.8. The van der Waals surface area contributed by atoms with Gasteiger partial charge in [-0.3, -0.25) is 4.79 Å². The molecular weight excluding hydrogens is 178 g/mol. The molecule has 1 fully saturated rings. The molecule has 0 radical (unpaired) electrons. The number of phenolic OH excluding ortho intramolecular Hbond substituents is 1. The van der Waals surface area contributed by atoms with E-state index in [9.17, 15) is 9.90 Å². The smallest absolute Gasteiger partial charge is 0.158 e. The highest BCUT2D eigenvalue weighted by molar-refractivity contribution is 5.91. The van der Waals surface area contributed by atoms with Gasteiger partial charge < -0.3 is 10.4 Å². The zero-order valence-corrected chi connectivity index (χ0v) is 8.08. The summed E-state index contributed by atoms with van der Waals surface area (Å²) < 4.78 is 0. The fourth-order valence-electron chi connectivity index (χ4n) is 1.85. The van der Waals surface area contributed by atoms with Crippen molar-refractivity contribution in [3.63, 3.8) is 0 Å². The maximum atomic E-state index is 11.7. The molecule has 1 heterocycles. The number of aromatic hydroxyl groups is 1. The summed E-state index contributed by atoms with van der Waals surface area (Å²) in [6, 6.07) is 6.85. The molecule has 3 nitrogen and oxygen atoms in total. The van der Waals surface area contributed by atoms with Gasteiger partial charge in [-0.15, -0.1) is 0 Å². The molecular formula is C11H13NO2. The summed E-state index contributed by atoms with van der Waals surface area (Å²) in [5, 5.41) is 12.5. The van der Waals surface area contributed by atoms with Crippen LogP contribution in [0.1, 0.15) is 18.9 Å². The summed E-state index contributed by atoms with van der Waals surface area (Å²) in [4.78, 5) is 11.7. The molecule has 2 N–H and O–H groups in total. The number of benzene rings is 1. The number of carbonyl (C=O) groups excluding carboxylic acids is 1. The standard InChI is InChI=1S/C11H13NO2/c1-11(10(14)5-6-12-11)8-3-2-4-9(13)7-8/h2-4,7,12-13H,5-6H2,1H3.